The summed E-state index contributed by atoms with van der Waals surface area (Å²) in [4.78, 5) is 11.1. The fourth-order valence-electron chi connectivity index (χ4n) is 3.26. The van der Waals surface area contributed by atoms with Gasteiger partial charge in [-0.25, -0.2) is 0 Å². The van der Waals surface area contributed by atoms with Crippen LogP contribution in [0.1, 0.15) is 46.0 Å². The Morgan fingerprint density at radius 2 is 2.10 bits per heavy atom. The van der Waals surface area contributed by atoms with E-state index in [1.54, 1.807) is 0 Å². The fourth-order valence-corrected chi connectivity index (χ4v) is 3.26. The zero-order chi connectivity index (χ0) is 15.0. The maximum atomic E-state index is 11.1. The second-order valence-electron chi connectivity index (χ2n) is 6.62. The molecule has 3 fully saturated rings. The first kappa shape index (κ1) is 15.0. The molecule has 5 heteroatoms. The van der Waals surface area contributed by atoms with Crippen molar-refractivity contribution in [3.8, 4) is 0 Å². The molecule has 5 nitrogen and oxygen atoms in total. The lowest BCUT2D eigenvalue weighted by atomic mass is 10.0. The first-order valence-corrected chi connectivity index (χ1v) is 7.77. The van der Waals surface area contributed by atoms with Crippen LogP contribution in [0.15, 0.2) is 12.2 Å². The van der Waals surface area contributed by atoms with Crippen LogP contribution < -0.4 is 0 Å². The molecule has 21 heavy (non-hydrogen) atoms. The van der Waals surface area contributed by atoms with E-state index in [1.165, 1.54) is 0 Å². The summed E-state index contributed by atoms with van der Waals surface area (Å²) in [7, 11) is 0. The van der Waals surface area contributed by atoms with Crippen LogP contribution in [-0.2, 0) is 23.7 Å². The molecule has 3 rings (SSSR count). The number of esters is 1. The van der Waals surface area contributed by atoms with E-state index in [2.05, 4.69) is 6.58 Å². The molecule has 0 spiro atoms. The molecule has 2 unspecified atom stereocenters. The van der Waals surface area contributed by atoms with Gasteiger partial charge in [-0.05, 0) is 45.1 Å². The highest BCUT2D eigenvalue weighted by Gasteiger charge is 2.42. The fraction of sp³-hybridized carbons (Fsp3) is 0.812. The van der Waals surface area contributed by atoms with Crippen molar-refractivity contribution in [3.05, 3.63) is 12.2 Å². The molecule has 0 aliphatic carbocycles. The zero-order valence-corrected chi connectivity index (χ0v) is 12.8. The summed E-state index contributed by atoms with van der Waals surface area (Å²) in [5, 5.41) is 0. The quantitative estimate of drug-likeness (QED) is 0.589. The molecular formula is C16H24O5. The van der Waals surface area contributed by atoms with Crippen LogP contribution in [0.5, 0.6) is 0 Å². The Bertz CT molecular complexity index is 430. The molecule has 0 aromatic carbocycles. The first-order chi connectivity index (χ1) is 9.93. The molecule has 3 saturated heterocycles. The Morgan fingerprint density at radius 3 is 2.71 bits per heavy atom. The minimum Gasteiger partial charge on any atom is -0.462 e. The average molecular weight is 296 g/mol. The molecule has 0 radical (unpaired) electrons. The van der Waals surface area contributed by atoms with Crippen LogP contribution in [0.25, 0.3) is 0 Å². The van der Waals surface area contributed by atoms with E-state index in [-0.39, 0.29) is 30.4 Å². The number of hydrogen-bond acceptors (Lipinski definition) is 5. The largest absolute Gasteiger partial charge is 0.462 e. The molecule has 118 valence electrons. The molecule has 0 aromatic heterocycles. The molecule has 3 aliphatic heterocycles. The Labute approximate surface area is 125 Å². The van der Waals surface area contributed by atoms with Gasteiger partial charge in [0.1, 0.15) is 12.2 Å². The number of carbonyl (C=O) groups excluding carboxylic acids is 1. The summed E-state index contributed by atoms with van der Waals surface area (Å²) >= 11 is 0. The highest BCUT2D eigenvalue weighted by Crippen LogP contribution is 2.35. The average Bonchev–Trinajstić information content (AvgIpc) is 3.07. The van der Waals surface area contributed by atoms with Gasteiger partial charge < -0.3 is 18.9 Å². The van der Waals surface area contributed by atoms with Gasteiger partial charge in [-0.15, -0.1) is 0 Å². The van der Waals surface area contributed by atoms with Crippen LogP contribution >= 0.6 is 0 Å². The summed E-state index contributed by atoms with van der Waals surface area (Å²) in [6, 6.07) is 0. The van der Waals surface area contributed by atoms with E-state index in [4.69, 9.17) is 18.9 Å². The van der Waals surface area contributed by atoms with Crippen molar-refractivity contribution < 1.29 is 23.7 Å². The van der Waals surface area contributed by atoms with Crippen molar-refractivity contribution >= 4 is 5.97 Å². The molecule has 3 heterocycles. The zero-order valence-electron chi connectivity index (χ0n) is 12.8. The Kier molecular flexibility index (Phi) is 4.08. The summed E-state index contributed by atoms with van der Waals surface area (Å²) in [6.07, 6.45) is 3.98. The van der Waals surface area contributed by atoms with Gasteiger partial charge in [-0.1, -0.05) is 6.58 Å². The van der Waals surface area contributed by atoms with E-state index >= 15 is 0 Å². The van der Waals surface area contributed by atoms with Crippen LogP contribution in [-0.4, -0.2) is 42.8 Å². The second kappa shape index (κ2) is 5.71. The SMILES string of the molecule is C=C1C[C@H]([C@H]2COC(C)(C)O2)OC1CCC1CCC(=O)O1. The molecule has 0 aromatic rings. The van der Waals surface area contributed by atoms with Crippen molar-refractivity contribution in [1.82, 2.24) is 0 Å². The van der Waals surface area contributed by atoms with Crippen molar-refractivity contribution in [3.63, 3.8) is 0 Å². The third-order valence-electron chi connectivity index (χ3n) is 4.42. The van der Waals surface area contributed by atoms with Crippen LogP contribution in [0.4, 0.5) is 0 Å². The highest BCUT2D eigenvalue weighted by atomic mass is 16.7. The highest BCUT2D eigenvalue weighted by molar-refractivity contribution is 5.71. The summed E-state index contributed by atoms with van der Waals surface area (Å²) in [6.45, 7) is 8.53. The molecule has 0 bridgehead atoms. The lowest BCUT2D eigenvalue weighted by Crippen LogP contribution is -2.31. The molecule has 0 amide bonds. The van der Waals surface area contributed by atoms with Gasteiger partial charge in [0.05, 0.1) is 18.8 Å². The Balaban J connectivity index is 1.47. The standard InChI is InChI=1S/C16H24O5/c1-10-8-13(14-9-18-16(2,3)21-14)20-12(10)6-4-11-5-7-15(17)19-11/h11-14H,1,4-9H2,2-3H3/t11?,12?,13-,14-/m1/s1. The van der Waals surface area contributed by atoms with Gasteiger partial charge in [-0.2, -0.15) is 0 Å². The van der Waals surface area contributed by atoms with E-state index in [9.17, 15) is 4.79 Å². The number of rotatable bonds is 4. The predicted octanol–water partition coefficient (Wildman–Crippen LogP) is 2.34. The Hall–Kier alpha value is -0.910. The maximum Gasteiger partial charge on any atom is 0.306 e. The van der Waals surface area contributed by atoms with E-state index < -0.39 is 5.79 Å². The summed E-state index contributed by atoms with van der Waals surface area (Å²) < 4.78 is 22.8. The normalized spacial score (nSPS) is 39.0. The monoisotopic (exact) mass is 296 g/mol. The van der Waals surface area contributed by atoms with Crippen LogP contribution in [0, 0.1) is 0 Å². The van der Waals surface area contributed by atoms with E-state index in [0.29, 0.717) is 13.0 Å². The predicted molar refractivity (Wildman–Crippen MR) is 75.7 cm³/mol. The summed E-state index contributed by atoms with van der Waals surface area (Å²) in [5.74, 6) is -0.603. The van der Waals surface area contributed by atoms with Gasteiger partial charge in [0, 0.05) is 6.42 Å². The number of cyclic esters (lactones) is 1. The van der Waals surface area contributed by atoms with E-state index in [1.807, 2.05) is 13.8 Å². The third kappa shape index (κ3) is 3.47. The van der Waals surface area contributed by atoms with Gasteiger partial charge in [-0.3, -0.25) is 4.79 Å². The molecule has 4 atom stereocenters. The summed E-state index contributed by atoms with van der Waals surface area (Å²) in [5.41, 5.74) is 1.11. The minimum atomic E-state index is -0.522. The van der Waals surface area contributed by atoms with E-state index in [0.717, 1.165) is 31.3 Å². The van der Waals surface area contributed by atoms with Crippen LogP contribution in [0.2, 0.25) is 0 Å². The second-order valence-corrected chi connectivity index (χ2v) is 6.62. The lowest BCUT2D eigenvalue weighted by molar-refractivity contribution is -0.155. The molecule has 0 N–H and O–H groups in total. The van der Waals surface area contributed by atoms with Crippen molar-refractivity contribution in [2.24, 2.45) is 0 Å². The number of carbonyl (C=O) groups is 1. The van der Waals surface area contributed by atoms with Gasteiger partial charge in [0.15, 0.2) is 5.79 Å². The number of hydrogen-bond donors (Lipinski definition) is 0. The smallest absolute Gasteiger partial charge is 0.306 e. The van der Waals surface area contributed by atoms with Crippen LogP contribution in [0.3, 0.4) is 0 Å². The van der Waals surface area contributed by atoms with Crippen molar-refractivity contribution in [1.29, 1.82) is 0 Å². The minimum absolute atomic E-state index is 0.0222. The first-order valence-electron chi connectivity index (χ1n) is 7.77. The molecule has 0 saturated carbocycles. The van der Waals surface area contributed by atoms with Crippen molar-refractivity contribution in [2.75, 3.05) is 6.61 Å². The molecular weight excluding hydrogens is 272 g/mol. The van der Waals surface area contributed by atoms with Gasteiger partial charge in [0.25, 0.3) is 0 Å². The van der Waals surface area contributed by atoms with Gasteiger partial charge >= 0.3 is 5.97 Å². The van der Waals surface area contributed by atoms with Gasteiger partial charge in [0.2, 0.25) is 0 Å². The lowest BCUT2D eigenvalue weighted by Gasteiger charge is -2.21. The number of ether oxygens (including phenoxy) is 4. The Morgan fingerprint density at radius 1 is 1.29 bits per heavy atom. The topological polar surface area (TPSA) is 54.0 Å². The van der Waals surface area contributed by atoms with Crippen molar-refractivity contribution in [2.45, 2.75) is 76.2 Å². The molecule has 3 aliphatic rings. The maximum absolute atomic E-state index is 11.1. The third-order valence-corrected chi connectivity index (χ3v) is 4.42.